The van der Waals surface area contributed by atoms with Gasteiger partial charge in [-0.25, -0.2) is 4.39 Å². The minimum absolute atomic E-state index is 0.171. The van der Waals surface area contributed by atoms with Crippen LogP contribution in [-0.2, 0) is 12.8 Å². The summed E-state index contributed by atoms with van der Waals surface area (Å²) in [6.07, 6.45) is 3.24. The van der Waals surface area contributed by atoms with Crippen LogP contribution in [0.1, 0.15) is 30.2 Å². The molecule has 0 fully saturated rings. The number of benzene rings is 1. The number of nitrogens with one attached hydrogen (secondary N) is 1. The molecule has 1 aliphatic rings. The van der Waals surface area contributed by atoms with Crippen molar-refractivity contribution in [3.63, 3.8) is 0 Å². The number of nitrogens with zero attached hydrogens (tertiary/aromatic N) is 1. The highest BCUT2D eigenvalue weighted by molar-refractivity contribution is 5.94. The second kappa shape index (κ2) is 4.23. The zero-order valence-corrected chi connectivity index (χ0v) is 10.8. The Hall–Kier alpha value is -1.64. The van der Waals surface area contributed by atoms with Crippen molar-refractivity contribution >= 4 is 16.6 Å². The number of halogens is 1. The van der Waals surface area contributed by atoms with Crippen molar-refractivity contribution in [2.75, 3.05) is 11.9 Å². The summed E-state index contributed by atoms with van der Waals surface area (Å²) in [6, 6.07) is 3.47. The first kappa shape index (κ1) is 11.5. The summed E-state index contributed by atoms with van der Waals surface area (Å²) >= 11 is 0. The van der Waals surface area contributed by atoms with Gasteiger partial charge in [0.25, 0.3) is 0 Å². The lowest BCUT2D eigenvalue weighted by atomic mass is 10.0. The number of pyridine rings is 1. The van der Waals surface area contributed by atoms with E-state index in [4.69, 9.17) is 0 Å². The summed E-state index contributed by atoms with van der Waals surface area (Å²) in [4.78, 5) is 4.62. The Morgan fingerprint density at radius 1 is 1.33 bits per heavy atom. The van der Waals surface area contributed by atoms with E-state index in [2.05, 4.69) is 17.2 Å². The molecule has 1 aromatic carbocycles. The number of hydrogen-bond donors (Lipinski definition) is 1. The Labute approximate surface area is 106 Å². The normalized spacial score (nSPS) is 13.9. The van der Waals surface area contributed by atoms with Crippen LogP contribution < -0.4 is 5.32 Å². The maximum absolute atomic E-state index is 13.7. The maximum atomic E-state index is 13.7. The van der Waals surface area contributed by atoms with E-state index in [9.17, 15) is 4.39 Å². The number of aromatic nitrogens is 1. The number of aryl methyl sites for hydroxylation is 2. The first-order valence-electron chi connectivity index (χ1n) is 6.56. The van der Waals surface area contributed by atoms with E-state index in [1.54, 1.807) is 13.0 Å². The van der Waals surface area contributed by atoms with Crippen LogP contribution >= 0.6 is 0 Å². The van der Waals surface area contributed by atoms with Crippen LogP contribution in [0.25, 0.3) is 10.9 Å². The Morgan fingerprint density at radius 3 is 2.94 bits per heavy atom. The van der Waals surface area contributed by atoms with Crippen LogP contribution in [0.2, 0.25) is 0 Å². The van der Waals surface area contributed by atoms with Crippen molar-refractivity contribution in [2.45, 2.75) is 33.1 Å². The van der Waals surface area contributed by atoms with Gasteiger partial charge in [0.2, 0.25) is 0 Å². The molecule has 0 saturated heterocycles. The van der Waals surface area contributed by atoms with Crippen molar-refractivity contribution in [3.8, 4) is 0 Å². The van der Waals surface area contributed by atoms with Gasteiger partial charge in [0.05, 0.1) is 5.52 Å². The molecule has 18 heavy (non-hydrogen) atoms. The minimum atomic E-state index is -0.171. The van der Waals surface area contributed by atoms with Gasteiger partial charge in [-0.2, -0.15) is 0 Å². The lowest BCUT2D eigenvalue weighted by molar-refractivity contribution is 0.620. The van der Waals surface area contributed by atoms with Crippen molar-refractivity contribution in [2.24, 2.45) is 0 Å². The molecule has 0 aliphatic heterocycles. The van der Waals surface area contributed by atoms with Crippen LogP contribution in [0.3, 0.4) is 0 Å². The molecule has 0 atom stereocenters. The van der Waals surface area contributed by atoms with E-state index >= 15 is 0 Å². The van der Waals surface area contributed by atoms with Gasteiger partial charge in [0, 0.05) is 29.4 Å². The molecule has 3 heteroatoms. The van der Waals surface area contributed by atoms with E-state index in [0.29, 0.717) is 5.56 Å². The number of fused-ring (bicyclic) bond motifs is 2. The van der Waals surface area contributed by atoms with Crippen LogP contribution in [0.15, 0.2) is 12.1 Å². The third-order valence-electron chi connectivity index (χ3n) is 3.65. The molecule has 0 radical (unpaired) electrons. The van der Waals surface area contributed by atoms with Gasteiger partial charge < -0.3 is 5.32 Å². The van der Waals surface area contributed by atoms with E-state index < -0.39 is 0 Å². The predicted molar refractivity (Wildman–Crippen MR) is 72.6 cm³/mol. The Balaban J connectivity index is 2.34. The summed E-state index contributed by atoms with van der Waals surface area (Å²) < 4.78 is 13.7. The molecule has 3 rings (SSSR count). The topological polar surface area (TPSA) is 24.9 Å². The highest BCUT2D eigenvalue weighted by Gasteiger charge is 2.19. The molecular formula is C15H17FN2. The molecule has 2 aromatic rings. The zero-order valence-electron chi connectivity index (χ0n) is 10.8. The smallest absolute Gasteiger partial charge is 0.128 e. The molecule has 0 saturated carbocycles. The first-order valence-corrected chi connectivity index (χ1v) is 6.56. The van der Waals surface area contributed by atoms with Crippen LogP contribution in [0, 0.1) is 12.7 Å². The largest absolute Gasteiger partial charge is 0.384 e. The van der Waals surface area contributed by atoms with E-state index in [-0.39, 0.29) is 5.82 Å². The fourth-order valence-corrected chi connectivity index (χ4v) is 2.77. The van der Waals surface area contributed by atoms with Gasteiger partial charge in [-0.05, 0) is 50.3 Å². The molecule has 94 valence electrons. The molecule has 0 unspecified atom stereocenters. The fourth-order valence-electron chi connectivity index (χ4n) is 2.77. The summed E-state index contributed by atoms with van der Waals surface area (Å²) in [5.74, 6) is -0.171. The number of anilines is 1. The van der Waals surface area contributed by atoms with Crippen LogP contribution in [-0.4, -0.2) is 11.5 Å². The lowest BCUT2D eigenvalue weighted by Gasteiger charge is -2.14. The Morgan fingerprint density at radius 2 is 2.17 bits per heavy atom. The number of hydrogen-bond acceptors (Lipinski definition) is 2. The molecule has 0 spiro atoms. The summed E-state index contributed by atoms with van der Waals surface area (Å²) in [7, 11) is 0. The molecular weight excluding hydrogens is 227 g/mol. The van der Waals surface area contributed by atoms with Gasteiger partial charge in [-0.1, -0.05) is 0 Å². The zero-order chi connectivity index (χ0) is 12.7. The minimum Gasteiger partial charge on any atom is -0.384 e. The lowest BCUT2D eigenvalue weighted by Crippen LogP contribution is -2.04. The van der Waals surface area contributed by atoms with Gasteiger partial charge >= 0.3 is 0 Å². The molecule has 0 amide bonds. The van der Waals surface area contributed by atoms with Crippen LogP contribution in [0.5, 0.6) is 0 Å². The first-order chi connectivity index (χ1) is 8.70. The Bertz CT molecular complexity index is 620. The van der Waals surface area contributed by atoms with Gasteiger partial charge in [0.1, 0.15) is 5.82 Å². The van der Waals surface area contributed by atoms with Crippen molar-refractivity contribution < 1.29 is 4.39 Å². The fraction of sp³-hybridized carbons (Fsp3) is 0.400. The molecule has 2 nitrogen and oxygen atoms in total. The van der Waals surface area contributed by atoms with E-state index in [0.717, 1.165) is 48.1 Å². The average Bonchev–Trinajstić information content (AvgIpc) is 2.79. The van der Waals surface area contributed by atoms with Gasteiger partial charge in [-0.3, -0.25) is 4.98 Å². The van der Waals surface area contributed by atoms with Gasteiger partial charge in [-0.15, -0.1) is 0 Å². The average molecular weight is 244 g/mol. The summed E-state index contributed by atoms with van der Waals surface area (Å²) in [6.45, 7) is 4.77. The second-order valence-electron chi connectivity index (χ2n) is 4.91. The molecule has 1 N–H and O–H groups in total. The second-order valence-corrected chi connectivity index (χ2v) is 4.91. The van der Waals surface area contributed by atoms with Gasteiger partial charge in [0.15, 0.2) is 0 Å². The third-order valence-corrected chi connectivity index (χ3v) is 3.65. The Kier molecular flexibility index (Phi) is 2.69. The summed E-state index contributed by atoms with van der Waals surface area (Å²) in [5.41, 5.74) is 5.09. The number of rotatable bonds is 2. The molecule has 1 aromatic heterocycles. The van der Waals surface area contributed by atoms with E-state index in [1.165, 1.54) is 5.56 Å². The third kappa shape index (κ3) is 1.65. The SMILES string of the molecule is CCNc1c2c(nc3cc(F)c(C)cc13)CCC2. The standard InChI is InChI=1S/C15H17FN2/c1-3-17-15-10-5-4-6-13(10)18-14-8-12(16)9(2)7-11(14)15/h7-8H,3-6H2,1-2H3,(H,17,18). The quantitative estimate of drug-likeness (QED) is 0.873. The highest BCUT2D eigenvalue weighted by atomic mass is 19.1. The van der Waals surface area contributed by atoms with E-state index in [1.807, 2.05) is 6.07 Å². The summed E-state index contributed by atoms with van der Waals surface area (Å²) in [5, 5.41) is 4.49. The highest BCUT2D eigenvalue weighted by Crippen LogP contribution is 2.34. The molecule has 0 bridgehead atoms. The monoisotopic (exact) mass is 244 g/mol. The van der Waals surface area contributed by atoms with Crippen molar-refractivity contribution in [3.05, 3.63) is 34.8 Å². The maximum Gasteiger partial charge on any atom is 0.128 e. The molecule has 1 heterocycles. The van der Waals surface area contributed by atoms with Crippen molar-refractivity contribution in [1.29, 1.82) is 0 Å². The molecule has 1 aliphatic carbocycles. The predicted octanol–water partition coefficient (Wildman–Crippen LogP) is 3.60. The van der Waals surface area contributed by atoms with Crippen LogP contribution in [0.4, 0.5) is 10.1 Å². The van der Waals surface area contributed by atoms with Crippen molar-refractivity contribution in [1.82, 2.24) is 4.98 Å².